The van der Waals surface area contributed by atoms with Crippen molar-refractivity contribution in [2.45, 2.75) is 12.2 Å². The minimum atomic E-state index is -4.33. The molecule has 0 radical (unpaired) electrons. The monoisotopic (exact) mass is 233 g/mol. The highest BCUT2D eigenvalue weighted by atomic mass is 32.2. The quantitative estimate of drug-likeness (QED) is 0.757. The number of alkyl halides is 1. The molecule has 1 rings (SSSR count). The van der Waals surface area contributed by atoms with Crippen LogP contribution in [0.15, 0.2) is 30.3 Å². The summed E-state index contributed by atoms with van der Waals surface area (Å²) in [5, 5.41) is 0. The average molecular weight is 233 g/mol. The molecule has 2 atom stereocenters. The first-order valence-electron chi connectivity index (χ1n) is 4.30. The van der Waals surface area contributed by atoms with Crippen molar-refractivity contribution in [3.05, 3.63) is 35.9 Å². The third kappa shape index (κ3) is 3.94. The van der Waals surface area contributed by atoms with Crippen molar-refractivity contribution in [2.24, 2.45) is 5.73 Å². The summed E-state index contributed by atoms with van der Waals surface area (Å²) in [5.74, 6) is -0.983. The van der Waals surface area contributed by atoms with Gasteiger partial charge in [-0.1, -0.05) is 30.3 Å². The SMILES string of the molecule is NC(c1ccccc1)[C@H](F)CS(=O)(=O)O. The molecule has 15 heavy (non-hydrogen) atoms. The van der Waals surface area contributed by atoms with Crippen molar-refractivity contribution >= 4 is 10.1 Å². The van der Waals surface area contributed by atoms with E-state index in [4.69, 9.17) is 10.3 Å². The van der Waals surface area contributed by atoms with E-state index >= 15 is 0 Å². The lowest BCUT2D eigenvalue weighted by atomic mass is 10.0. The van der Waals surface area contributed by atoms with Crippen molar-refractivity contribution < 1.29 is 17.4 Å². The molecule has 0 aliphatic heterocycles. The van der Waals surface area contributed by atoms with E-state index in [0.29, 0.717) is 5.56 Å². The van der Waals surface area contributed by atoms with Gasteiger partial charge >= 0.3 is 0 Å². The van der Waals surface area contributed by atoms with E-state index in [9.17, 15) is 12.8 Å². The van der Waals surface area contributed by atoms with Gasteiger partial charge in [-0.15, -0.1) is 0 Å². The Hall–Kier alpha value is -0.980. The molecule has 0 amide bonds. The zero-order valence-corrected chi connectivity index (χ0v) is 8.69. The highest BCUT2D eigenvalue weighted by Gasteiger charge is 2.23. The highest BCUT2D eigenvalue weighted by molar-refractivity contribution is 7.85. The molecule has 0 aliphatic rings. The standard InChI is InChI=1S/C9H12FNO3S/c10-8(6-15(12,13)14)9(11)7-4-2-1-3-5-7/h1-5,8-9H,6,11H2,(H,12,13,14)/t8-,9?/m1/s1. The Bertz CT molecular complexity index is 407. The molecule has 0 saturated heterocycles. The molecular weight excluding hydrogens is 221 g/mol. The van der Waals surface area contributed by atoms with Gasteiger partial charge < -0.3 is 5.73 Å². The van der Waals surface area contributed by atoms with E-state index in [-0.39, 0.29) is 0 Å². The zero-order valence-electron chi connectivity index (χ0n) is 7.88. The Morgan fingerprint density at radius 1 is 1.33 bits per heavy atom. The zero-order chi connectivity index (χ0) is 11.5. The molecule has 4 nitrogen and oxygen atoms in total. The van der Waals surface area contributed by atoms with E-state index in [0.717, 1.165) is 0 Å². The van der Waals surface area contributed by atoms with Gasteiger partial charge in [-0.25, -0.2) is 4.39 Å². The van der Waals surface area contributed by atoms with Crippen LogP contribution in [0.4, 0.5) is 4.39 Å². The topological polar surface area (TPSA) is 80.4 Å². The van der Waals surface area contributed by atoms with Gasteiger partial charge in [0.25, 0.3) is 10.1 Å². The molecule has 0 fully saturated rings. The Kier molecular flexibility index (Phi) is 3.78. The van der Waals surface area contributed by atoms with Crippen molar-refractivity contribution in [3.63, 3.8) is 0 Å². The number of hydrogen-bond acceptors (Lipinski definition) is 3. The molecule has 6 heteroatoms. The van der Waals surface area contributed by atoms with Crippen LogP contribution < -0.4 is 5.73 Å². The predicted octanol–water partition coefficient (Wildman–Crippen LogP) is 0.912. The summed E-state index contributed by atoms with van der Waals surface area (Å²) in [7, 11) is -4.33. The first kappa shape index (κ1) is 12.1. The maximum Gasteiger partial charge on any atom is 0.267 e. The van der Waals surface area contributed by atoms with Crippen LogP contribution in [0.2, 0.25) is 0 Å². The Labute approximate surface area is 87.7 Å². The molecule has 84 valence electrons. The van der Waals surface area contributed by atoms with Crippen molar-refractivity contribution in [1.82, 2.24) is 0 Å². The largest absolute Gasteiger partial charge is 0.322 e. The molecule has 0 aromatic heterocycles. The molecule has 1 aromatic rings. The van der Waals surface area contributed by atoms with E-state index in [1.54, 1.807) is 30.3 Å². The molecule has 0 bridgehead atoms. The van der Waals surface area contributed by atoms with E-state index in [1.165, 1.54) is 0 Å². The van der Waals surface area contributed by atoms with E-state index in [2.05, 4.69) is 0 Å². The molecule has 0 aliphatic carbocycles. The van der Waals surface area contributed by atoms with Gasteiger partial charge in [-0.3, -0.25) is 4.55 Å². The fourth-order valence-electron chi connectivity index (χ4n) is 1.19. The highest BCUT2D eigenvalue weighted by Crippen LogP contribution is 2.17. The second-order valence-corrected chi connectivity index (χ2v) is 4.70. The van der Waals surface area contributed by atoms with Crippen molar-refractivity contribution in [2.75, 3.05) is 5.75 Å². The molecule has 0 spiro atoms. The fourth-order valence-corrected chi connectivity index (χ4v) is 1.80. The second-order valence-electron chi connectivity index (χ2n) is 3.20. The summed E-state index contributed by atoms with van der Waals surface area (Å²) >= 11 is 0. The maximum atomic E-state index is 13.3. The smallest absolute Gasteiger partial charge is 0.267 e. The van der Waals surface area contributed by atoms with Gasteiger partial charge in [0.05, 0.1) is 6.04 Å². The molecule has 0 saturated carbocycles. The van der Waals surface area contributed by atoms with Crippen LogP contribution in [0.3, 0.4) is 0 Å². The van der Waals surface area contributed by atoms with Crippen molar-refractivity contribution in [3.8, 4) is 0 Å². The fraction of sp³-hybridized carbons (Fsp3) is 0.333. The predicted molar refractivity (Wildman–Crippen MR) is 54.7 cm³/mol. The summed E-state index contributed by atoms with van der Waals surface area (Å²) in [6.07, 6.45) is -1.82. The lowest BCUT2D eigenvalue weighted by Gasteiger charge is -2.15. The summed E-state index contributed by atoms with van der Waals surface area (Å²) in [5.41, 5.74) is 5.99. The Morgan fingerprint density at radius 2 is 1.87 bits per heavy atom. The summed E-state index contributed by atoms with van der Waals surface area (Å²) in [6.45, 7) is 0. The molecule has 0 heterocycles. The summed E-state index contributed by atoms with van der Waals surface area (Å²) in [6, 6.07) is 7.24. The summed E-state index contributed by atoms with van der Waals surface area (Å²) < 4.78 is 42.6. The van der Waals surface area contributed by atoms with E-state index < -0.39 is 28.1 Å². The van der Waals surface area contributed by atoms with Gasteiger partial charge in [0, 0.05) is 0 Å². The third-order valence-electron chi connectivity index (χ3n) is 1.94. The minimum absolute atomic E-state index is 0.494. The van der Waals surface area contributed by atoms with Crippen LogP contribution in [0.1, 0.15) is 11.6 Å². The number of hydrogen-bond donors (Lipinski definition) is 2. The van der Waals surface area contributed by atoms with Crippen LogP contribution in [-0.2, 0) is 10.1 Å². The number of nitrogens with two attached hydrogens (primary N) is 1. The molecular formula is C9H12FNO3S. The first-order chi connectivity index (χ1) is 6.90. The molecule has 1 aromatic carbocycles. The minimum Gasteiger partial charge on any atom is -0.322 e. The van der Waals surface area contributed by atoms with Crippen LogP contribution >= 0.6 is 0 Å². The average Bonchev–Trinajstić information content (AvgIpc) is 2.15. The number of rotatable bonds is 4. The second kappa shape index (κ2) is 4.69. The van der Waals surface area contributed by atoms with Crippen LogP contribution in [-0.4, -0.2) is 24.9 Å². The van der Waals surface area contributed by atoms with Crippen LogP contribution in [0, 0.1) is 0 Å². The number of halogens is 1. The number of benzene rings is 1. The van der Waals surface area contributed by atoms with Gasteiger partial charge in [0.1, 0.15) is 11.9 Å². The normalized spacial score (nSPS) is 15.9. The van der Waals surface area contributed by atoms with Crippen LogP contribution in [0.5, 0.6) is 0 Å². The molecule has 3 N–H and O–H groups in total. The van der Waals surface area contributed by atoms with Crippen LogP contribution in [0.25, 0.3) is 0 Å². The third-order valence-corrected chi connectivity index (χ3v) is 2.68. The summed E-state index contributed by atoms with van der Waals surface area (Å²) in [4.78, 5) is 0. The Morgan fingerprint density at radius 3 is 2.33 bits per heavy atom. The van der Waals surface area contributed by atoms with Gasteiger partial charge in [-0.05, 0) is 5.56 Å². The van der Waals surface area contributed by atoms with E-state index in [1.807, 2.05) is 0 Å². The van der Waals surface area contributed by atoms with Gasteiger partial charge in [-0.2, -0.15) is 8.42 Å². The lowest BCUT2D eigenvalue weighted by Crippen LogP contribution is -2.29. The first-order valence-corrected chi connectivity index (χ1v) is 5.91. The Balaban J connectivity index is 2.73. The van der Waals surface area contributed by atoms with Gasteiger partial charge in [0.2, 0.25) is 0 Å². The van der Waals surface area contributed by atoms with Gasteiger partial charge in [0.15, 0.2) is 0 Å². The molecule has 1 unspecified atom stereocenters. The maximum absolute atomic E-state index is 13.3. The lowest BCUT2D eigenvalue weighted by molar-refractivity contribution is 0.305. The van der Waals surface area contributed by atoms with Crippen molar-refractivity contribution in [1.29, 1.82) is 0 Å².